The van der Waals surface area contributed by atoms with Crippen LogP contribution in [0.2, 0.25) is 22.2 Å². The van der Waals surface area contributed by atoms with Crippen molar-refractivity contribution in [3.05, 3.63) is 24.2 Å². The van der Waals surface area contributed by atoms with Crippen LogP contribution in [0.3, 0.4) is 0 Å². The molecule has 2 aromatic heterocycles. The van der Waals surface area contributed by atoms with Crippen molar-refractivity contribution in [1.82, 2.24) is 14.6 Å². The highest BCUT2D eigenvalue weighted by Crippen LogP contribution is 2.51. The summed E-state index contributed by atoms with van der Waals surface area (Å²) in [6, 6.07) is 5.81. The Morgan fingerprint density at radius 2 is 1.68 bits per heavy atom. The van der Waals surface area contributed by atoms with Crippen molar-refractivity contribution in [3.8, 4) is 6.07 Å². The predicted octanol–water partition coefficient (Wildman–Crippen LogP) is 4.95. The van der Waals surface area contributed by atoms with Gasteiger partial charge in [0, 0.05) is 0 Å². The highest BCUT2D eigenvalue weighted by molar-refractivity contribution is 6.84. The second-order valence-corrected chi connectivity index (χ2v) is 21.6. The molecule has 0 aliphatic carbocycles. The van der Waals surface area contributed by atoms with E-state index < -0.39 is 52.9 Å². The van der Waals surface area contributed by atoms with Crippen LogP contribution >= 0.6 is 0 Å². The molecule has 2 saturated heterocycles. The molecule has 0 bridgehead atoms. The van der Waals surface area contributed by atoms with E-state index in [0.29, 0.717) is 11.2 Å². The third kappa shape index (κ3) is 5.02. The van der Waals surface area contributed by atoms with Crippen LogP contribution in [0.4, 0.5) is 5.82 Å². The van der Waals surface area contributed by atoms with Gasteiger partial charge in [-0.15, -0.1) is 0 Å². The van der Waals surface area contributed by atoms with Gasteiger partial charge in [-0.25, -0.2) is 9.50 Å². The SMILES string of the molecule is CC(C)C(=O)O[C@@H]1[C@@H]2O[Si](C(C)C)(C(C)C)O[Si](C(C)C)(C(C)C)OC[C@H]2O[C@@]1(C#N)c1ccc2c(N)ncnn12. The number of nitrogens with two attached hydrogens (primary N) is 1. The monoisotopic (exact) mass is 603 g/mol. The number of nitriles is 1. The number of nitrogen functional groups attached to an aromatic ring is 1. The Balaban J connectivity index is 1.96. The molecule has 4 rings (SSSR count). The minimum absolute atomic E-state index is 0.0365. The van der Waals surface area contributed by atoms with Crippen LogP contribution in [0.1, 0.15) is 74.9 Å². The molecule has 4 heterocycles. The summed E-state index contributed by atoms with van der Waals surface area (Å²) >= 11 is 0. The maximum absolute atomic E-state index is 13.2. The van der Waals surface area contributed by atoms with E-state index >= 15 is 0 Å². The zero-order valence-electron chi connectivity index (χ0n) is 25.9. The lowest BCUT2D eigenvalue weighted by atomic mass is 9.92. The first-order chi connectivity index (χ1) is 19.2. The number of hydrogen-bond acceptors (Lipinski definition) is 10. The van der Waals surface area contributed by atoms with Gasteiger partial charge < -0.3 is 28.2 Å². The first-order valence-corrected chi connectivity index (χ1v) is 18.5. The van der Waals surface area contributed by atoms with Crippen LogP contribution in [0, 0.1) is 17.2 Å². The van der Waals surface area contributed by atoms with Crippen molar-refractivity contribution in [2.45, 2.75) is 115 Å². The second kappa shape index (κ2) is 11.4. The zero-order valence-corrected chi connectivity index (χ0v) is 27.9. The molecule has 0 spiro atoms. The molecule has 41 heavy (non-hydrogen) atoms. The molecule has 226 valence electrons. The van der Waals surface area contributed by atoms with Gasteiger partial charge in [0.25, 0.3) is 0 Å². The third-order valence-corrected chi connectivity index (χ3v) is 18.7. The van der Waals surface area contributed by atoms with Gasteiger partial charge >= 0.3 is 23.1 Å². The molecule has 11 nitrogen and oxygen atoms in total. The number of aromatic nitrogens is 3. The summed E-state index contributed by atoms with van der Waals surface area (Å²) in [6.07, 6.45) is -1.32. The van der Waals surface area contributed by atoms with Crippen molar-refractivity contribution in [2.24, 2.45) is 5.92 Å². The number of ether oxygens (including phenoxy) is 2. The fourth-order valence-corrected chi connectivity index (χ4v) is 17.4. The van der Waals surface area contributed by atoms with Gasteiger partial charge in [0.15, 0.2) is 11.9 Å². The minimum atomic E-state index is -3.11. The van der Waals surface area contributed by atoms with Gasteiger partial charge in [-0.3, -0.25) is 4.79 Å². The lowest BCUT2D eigenvalue weighted by Crippen LogP contribution is -2.66. The smallest absolute Gasteiger partial charge is 0.335 e. The molecule has 0 radical (unpaired) electrons. The lowest BCUT2D eigenvalue weighted by molar-refractivity contribution is -0.163. The van der Waals surface area contributed by atoms with E-state index in [2.05, 4.69) is 71.5 Å². The average molecular weight is 604 g/mol. The standard InChI is InChI=1S/C28H45N5O6Si2/c1-16(2)27(34)36-25-24-22(37-28(25,14-29)23-12-11-21-26(30)31-15-32-33(21)23)13-35-40(17(3)4,18(5)6)39-41(38-24,19(7)8)20(9)10/h11-12,15-20,22,24-25H,13H2,1-10H3,(H2,30,31,32)/t22-,24-,25-,28+/m1/s1. The number of fused-ring (bicyclic) bond motifs is 2. The normalized spacial score (nSPS) is 27.8. The first kappa shape index (κ1) is 31.6. The quantitative estimate of drug-likeness (QED) is 0.341. The van der Waals surface area contributed by atoms with E-state index in [4.69, 9.17) is 28.2 Å². The average Bonchev–Trinajstić information content (AvgIpc) is 3.44. The Morgan fingerprint density at radius 3 is 2.22 bits per heavy atom. The Morgan fingerprint density at radius 1 is 1.07 bits per heavy atom. The maximum atomic E-state index is 13.2. The highest BCUT2D eigenvalue weighted by atomic mass is 28.5. The number of anilines is 1. The molecule has 0 aromatic carbocycles. The summed E-state index contributed by atoms with van der Waals surface area (Å²) in [7, 11) is -5.97. The van der Waals surface area contributed by atoms with Gasteiger partial charge in [0.2, 0.25) is 5.60 Å². The summed E-state index contributed by atoms with van der Waals surface area (Å²) < 4.78 is 35.8. The first-order valence-electron chi connectivity index (χ1n) is 14.6. The zero-order chi connectivity index (χ0) is 30.5. The molecule has 0 amide bonds. The topological polar surface area (TPSA) is 143 Å². The molecule has 0 unspecified atom stereocenters. The fraction of sp³-hybridized carbons (Fsp3) is 0.714. The Kier molecular flexibility index (Phi) is 8.77. The van der Waals surface area contributed by atoms with E-state index in [0.717, 1.165) is 0 Å². The fourth-order valence-electron chi connectivity index (χ4n) is 6.20. The Bertz CT molecular complexity index is 1290. The molecule has 13 heteroatoms. The van der Waals surface area contributed by atoms with Gasteiger partial charge in [-0.1, -0.05) is 69.2 Å². The number of rotatable bonds is 7. The molecule has 2 fully saturated rings. The van der Waals surface area contributed by atoms with E-state index in [1.165, 1.54) is 10.8 Å². The van der Waals surface area contributed by atoms with Gasteiger partial charge in [-0.05, 0) is 34.3 Å². The van der Waals surface area contributed by atoms with Crippen molar-refractivity contribution >= 4 is 34.4 Å². The number of carbonyl (C=O) groups is 1. The van der Waals surface area contributed by atoms with Crippen molar-refractivity contribution < 1.29 is 27.2 Å². The Hall–Kier alpha value is -2.35. The lowest BCUT2D eigenvalue weighted by Gasteiger charge is -2.51. The number of esters is 1. The van der Waals surface area contributed by atoms with E-state index in [9.17, 15) is 10.1 Å². The highest BCUT2D eigenvalue weighted by Gasteiger charge is 2.67. The minimum Gasteiger partial charge on any atom is -0.455 e. The third-order valence-electron chi connectivity index (χ3n) is 8.48. The van der Waals surface area contributed by atoms with Crippen LogP contribution < -0.4 is 5.73 Å². The summed E-state index contributed by atoms with van der Waals surface area (Å²) in [5.74, 6) is -0.647. The van der Waals surface area contributed by atoms with Crippen LogP contribution in [-0.2, 0) is 32.8 Å². The molecule has 2 aromatic rings. The van der Waals surface area contributed by atoms with Gasteiger partial charge in [0.05, 0.1) is 18.2 Å². The van der Waals surface area contributed by atoms with Gasteiger partial charge in [-0.2, -0.15) is 10.4 Å². The molecule has 0 saturated carbocycles. The summed E-state index contributed by atoms with van der Waals surface area (Å²) in [5.41, 5.74) is 5.60. The second-order valence-electron chi connectivity index (χ2n) is 12.7. The number of hydrogen-bond donors (Lipinski definition) is 1. The van der Waals surface area contributed by atoms with Gasteiger partial charge in [0.1, 0.15) is 30.1 Å². The number of nitrogens with zero attached hydrogens (tertiary/aromatic N) is 4. The van der Waals surface area contributed by atoms with Crippen molar-refractivity contribution in [2.75, 3.05) is 12.3 Å². The molecule has 2 N–H and O–H groups in total. The summed E-state index contributed by atoms with van der Waals surface area (Å²) in [4.78, 5) is 17.3. The van der Waals surface area contributed by atoms with Crippen LogP contribution in [-0.4, -0.2) is 62.6 Å². The molecular formula is C28H45N5O6Si2. The number of carbonyl (C=O) groups excluding carboxylic acids is 1. The summed E-state index contributed by atoms with van der Waals surface area (Å²) in [5, 5.41) is 15.3. The molecule has 2 aliphatic rings. The van der Waals surface area contributed by atoms with Crippen LogP contribution in [0.5, 0.6) is 0 Å². The largest absolute Gasteiger partial charge is 0.455 e. The van der Waals surface area contributed by atoms with E-state index in [1.54, 1.807) is 26.0 Å². The predicted molar refractivity (Wildman–Crippen MR) is 158 cm³/mol. The Labute approximate surface area is 245 Å². The molecular weight excluding hydrogens is 559 g/mol. The maximum Gasteiger partial charge on any atom is 0.335 e. The molecule has 2 aliphatic heterocycles. The van der Waals surface area contributed by atoms with E-state index in [-0.39, 0.29) is 34.6 Å². The van der Waals surface area contributed by atoms with Crippen molar-refractivity contribution in [1.29, 1.82) is 5.26 Å². The summed E-state index contributed by atoms with van der Waals surface area (Å²) in [6.45, 7) is 20.7. The molecule has 4 atom stereocenters. The van der Waals surface area contributed by atoms with Crippen LogP contribution in [0.15, 0.2) is 18.5 Å². The van der Waals surface area contributed by atoms with Crippen LogP contribution in [0.25, 0.3) is 5.52 Å². The van der Waals surface area contributed by atoms with E-state index in [1.807, 2.05) is 0 Å². The van der Waals surface area contributed by atoms with Crippen molar-refractivity contribution in [3.63, 3.8) is 0 Å².